The maximum atomic E-state index is 13.1. The Kier molecular flexibility index (Phi) is 3.23. The second kappa shape index (κ2) is 4.38. The smallest absolute Gasteiger partial charge is 0.153 e. The standard InChI is InChI=1S/C12H15FO3S/c1-2-17(15,16)12-10(7-14)11(12)8-4-3-5-9(13)6-8/h3-6,10-12,14H,2,7H2,1H3/t10-,11+,12+/m1/s1. The van der Waals surface area contributed by atoms with Crippen molar-refractivity contribution in [3.63, 3.8) is 0 Å². The molecule has 94 valence electrons. The summed E-state index contributed by atoms with van der Waals surface area (Å²) in [6.07, 6.45) is 0. The summed E-state index contributed by atoms with van der Waals surface area (Å²) in [5, 5.41) is 8.62. The van der Waals surface area contributed by atoms with Crippen molar-refractivity contribution < 1.29 is 17.9 Å². The van der Waals surface area contributed by atoms with Crippen LogP contribution in [0.15, 0.2) is 24.3 Å². The molecule has 1 saturated carbocycles. The van der Waals surface area contributed by atoms with E-state index in [1.165, 1.54) is 12.1 Å². The average Bonchev–Trinajstić information content (AvgIpc) is 3.04. The van der Waals surface area contributed by atoms with Crippen molar-refractivity contribution in [1.82, 2.24) is 0 Å². The van der Waals surface area contributed by atoms with Crippen molar-refractivity contribution in [3.8, 4) is 0 Å². The van der Waals surface area contributed by atoms with E-state index in [9.17, 15) is 17.9 Å². The van der Waals surface area contributed by atoms with Crippen molar-refractivity contribution >= 4 is 9.84 Å². The molecule has 17 heavy (non-hydrogen) atoms. The number of aliphatic hydroxyl groups is 1. The Balaban J connectivity index is 2.29. The number of aliphatic hydroxyl groups excluding tert-OH is 1. The lowest BCUT2D eigenvalue weighted by molar-refractivity contribution is 0.274. The highest BCUT2D eigenvalue weighted by molar-refractivity contribution is 7.92. The van der Waals surface area contributed by atoms with Gasteiger partial charge in [-0.05, 0) is 17.7 Å². The van der Waals surface area contributed by atoms with Crippen LogP contribution in [0.25, 0.3) is 0 Å². The fraction of sp³-hybridized carbons (Fsp3) is 0.500. The molecule has 0 saturated heterocycles. The van der Waals surface area contributed by atoms with Crippen molar-refractivity contribution in [2.45, 2.75) is 18.1 Å². The number of benzene rings is 1. The van der Waals surface area contributed by atoms with Crippen LogP contribution < -0.4 is 0 Å². The van der Waals surface area contributed by atoms with Gasteiger partial charge in [0, 0.05) is 24.2 Å². The molecule has 1 aliphatic carbocycles. The van der Waals surface area contributed by atoms with Crippen LogP contribution in [0.4, 0.5) is 4.39 Å². The van der Waals surface area contributed by atoms with Crippen molar-refractivity contribution in [2.75, 3.05) is 12.4 Å². The van der Waals surface area contributed by atoms with Crippen LogP contribution in [0.3, 0.4) is 0 Å². The molecule has 1 aromatic rings. The molecule has 0 amide bonds. The zero-order chi connectivity index (χ0) is 12.6. The fourth-order valence-corrected chi connectivity index (χ4v) is 4.28. The van der Waals surface area contributed by atoms with Gasteiger partial charge in [0.15, 0.2) is 9.84 Å². The van der Waals surface area contributed by atoms with Crippen LogP contribution in [0, 0.1) is 11.7 Å². The lowest BCUT2D eigenvalue weighted by Crippen LogP contribution is -2.13. The number of hydrogen-bond acceptors (Lipinski definition) is 3. The molecule has 2 rings (SSSR count). The molecule has 0 heterocycles. The van der Waals surface area contributed by atoms with Gasteiger partial charge in [0.25, 0.3) is 0 Å². The third-order valence-electron chi connectivity index (χ3n) is 3.36. The van der Waals surface area contributed by atoms with E-state index in [4.69, 9.17) is 0 Å². The summed E-state index contributed by atoms with van der Waals surface area (Å²) >= 11 is 0. The summed E-state index contributed by atoms with van der Waals surface area (Å²) in [5.74, 6) is -0.874. The number of rotatable bonds is 4. The van der Waals surface area contributed by atoms with E-state index in [1.807, 2.05) is 0 Å². The quantitative estimate of drug-likeness (QED) is 0.886. The highest BCUT2D eigenvalue weighted by atomic mass is 32.2. The minimum absolute atomic E-state index is 0.0555. The van der Waals surface area contributed by atoms with Gasteiger partial charge in [-0.2, -0.15) is 0 Å². The van der Waals surface area contributed by atoms with E-state index in [2.05, 4.69) is 0 Å². The van der Waals surface area contributed by atoms with E-state index in [0.29, 0.717) is 5.56 Å². The Bertz CT molecular complexity index is 512. The Morgan fingerprint density at radius 2 is 2.12 bits per heavy atom. The van der Waals surface area contributed by atoms with Gasteiger partial charge in [0.1, 0.15) is 5.82 Å². The van der Waals surface area contributed by atoms with Crippen LogP contribution >= 0.6 is 0 Å². The van der Waals surface area contributed by atoms with Gasteiger partial charge in [-0.15, -0.1) is 0 Å². The minimum atomic E-state index is -3.18. The third kappa shape index (κ3) is 2.21. The van der Waals surface area contributed by atoms with E-state index < -0.39 is 15.1 Å². The molecule has 0 bridgehead atoms. The molecule has 3 nitrogen and oxygen atoms in total. The predicted molar refractivity (Wildman–Crippen MR) is 63.0 cm³/mol. The van der Waals surface area contributed by atoms with Gasteiger partial charge in [-0.1, -0.05) is 19.1 Å². The van der Waals surface area contributed by atoms with Gasteiger partial charge in [0.2, 0.25) is 0 Å². The second-order valence-corrected chi connectivity index (χ2v) is 6.79. The summed E-state index contributed by atoms with van der Waals surface area (Å²) < 4.78 is 36.7. The number of hydrogen-bond donors (Lipinski definition) is 1. The first-order valence-corrected chi connectivity index (χ1v) is 7.30. The lowest BCUT2D eigenvalue weighted by Gasteiger charge is -2.00. The Morgan fingerprint density at radius 3 is 2.65 bits per heavy atom. The third-order valence-corrected chi connectivity index (χ3v) is 5.63. The first-order chi connectivity index (χ1) is 8.01. The number of halogens is 1. The first-order valence-electron chi connectivity index (χ1n) is 5.59. The van der Waals surface area contributed by atoms with Crippen molar-refractivity contribution in [1.29, 1.82) is 0 Å². The molecule has 1 N–H and O–H groups in total. The summed E-state index contributed by atoms with van der Waals surface area (Å²) in [7, 11) is -3.18. The van der Waals surface area contributed by atoms with Crippen LogP contribution in [0.5, 0.6) is 0 Å². The van der Waals surface area contributed by atoms with Crippen LogP contribution in [0.2, 0.25) is 0 Å². The molecule has 1 aromatic carbocycles. The van der Waals surface area contributed by atoms with Gasteiger partial charge in [-0.25, -0.2) is 12.8 Å². The van der Waals surface area contributed by atoms with Crippen LogP contribution in [0.1, 0.15) is 18.4 Å². The van der Waals surface area contributed by atoms with Crippen molar-refractivity contribution in [2.24, 2.45) is 5.92 Å². The average molecular weight is 258 g/mol. The van der Waals surface area contributed by atoms with E-state index >= 15 is 0 Å². The topological polar surface area (TPSA) is 54.4 Å². The molecule has 5 heteroatoms. The van der Waals surface area contributed by atoms with Crippen LogP contribution in [-0.2, 0) is 9.84 Å². The first kappa shape index (κ1) is 12.5. The van der Waals surface area contributed by atoms with Gasteiger partial charge in [0.05, 0.1) is 5.25 Å². The molecule has 0 aliphatic heterocycles. The lowest BCUT2D eigenvalue weighted by atomic mass is 10.1. The predicted octanol–water partition coefficient (Wildman–Crippen LogP) is 1.33. The summed E-state index contributed by atoms with van der Waals surface area (Å²) in [6.45, 7) is 1.41. The van der Waals surface area contributed by atoms with Crippen molar-refractivity contribution in [3.05, 3.63) is 35.6 Å². The highest BCUT2D eigenvalue weighted by Gasteiger charge is 2.57. The molecule has 1 fully saturated rings. The summed E-state index contributed by atoms with van der Waals surface area (Å²) in [4.78, 5) is 0. The zero-order valence-corrected chi connectivity index (χ0v) is 10.3. The van der Waals surface area contributed by atoms with E-state index in [0.717, 1.165) is 0 Å². The number of sulfone groups is 1. The summed E-state index contributed by atoms with van der Waals surface area (Å²) in [5.41, 5.74) is 0.658. The van der Waals surface area contributed by atoms with Gasteiger partial charge < -0.3 is 5.11 Å². The van der Waals surface area contributed by atoms with Crippen LogP contribution in [-0.4, -0.2) is 31.1 Å². The largest absolute Gasteiger partial charge is 0.396 e. The van der Waals surface area contributed by atoms with Gasteiger partial charge in [-0.3, -0.25) is 0 Å². The maximum absolute atomic E-state index is 13.1. The minimum Gasteiger partial charge on any atom is -0.396 e. The molecule has 0 spiro atoms. The molecule has 0 unspecified atom stereocenters. The van der Waals surface area contributed by atoms with E-state index in [1.54, 1.807) is 19.1 Å². The van der Waals surface area contributed by atoms with E-state index in [-0.39, 0.29) is 30.0 Å². The maximum Gasteiger partial charge on any atom is 0.153 e. The SMILES string of the molecule is CCS(=O)(=O)[C@H]1[C@H](CO)[C@@H]1c1cccc(F)c1. The molecule has 1 aliphatic rings. The summed E-state index contributed by atoms with van der Waals surface area (Å²) in [6, 6.07) is 5.94. The second-order valence-electron chi connectivity index (χ2n) is 4.34. The normalized spacial score (nSPS) is 28.1. The molecular weight excluding hydrogens is 243 g/mol. The highest BCUT2D eigenvalue weighted by Crippen LogP contribution is 2.52. The fourth-order valence-electron chi connectivity index (χ4n) is 2.39. The monoisotopic (exact) mass is 258 g/mol. The van der Waals surface area contributed by atoms with Gasteiger partial charge >= 0.3 is 0 Å². The molecule has 3 atom stereocenters. The Hall–Kier alpha value is -0.940. The Labute approximate surface area is 100 Å². The Morgan fingerprint density at radius 1 is 1.41 bits per heavy atom. The molecule has 0 radical (unpaired) electrons. The molecular formula is C12H15FO3S. The molecule has 0 aromatic heterocycles. The zero-order valence-electron chi connectivity index (χ0n) is 9.51.